The summed E-state index contributed by atoms with van der Waals surface area (Å²) in [6.45, 7) is 1.06. The molecule has 3 nitrogen and oxygen atoms in total. The second kappa shape index (κ2) is 4.75. The molecule has 0 amide bonds. The molecule has 1 aliphatic heterocycles. The van der Waals surface area contributed by atoms with Crippen LogP contribution in [0.1, 0.15) is 29.5 Å². The summed E-state index contributed by atoms with van der Waals surface area (Å²) in [5.74, 6) is -0.0176. The van der Waals surface area contributed by atoms with Crippen LogP contribution < -0.4 is 0 Å². The van der Waals surface area contributed by atoms with Crippen LogP contribution in [0.25, 0.3) is 0 Å². The summed E-state index contributed by atoms with van der Waals surface area (Å²) < 4.78 is 0. The largest absolute Gasteiger partial charge is 0.504 e. The van der Waals surface area contributed by atoms with E-state index in [-0.39, 0.29) is 16.9 Å². The van der Waals surface area contributed by atoms with Gasteiger partial charge < -0.3 is 15.1 Å². The number of benzene rings is 2. The van der Waals surface area contributed by atoms with E-state index in [4.69, 9.17) is 0 Å². The quantitative estimate of drug-likeness (QED) is 0.795. The van der Waals surface area contributed by atoms with E-state index in [2.05, 4.69) is 36.2 Å². The van der Waals surface area contributed by atoms with Crippen molar-refractivity contribution >= 4 is 0 Å². The van der Waals surface area contributed by atoms with Gasteiger partial charge in [0.2, 0.25) is 0 Å². The second-order valence-electron chi connectivity index (χ2n) is 6.74. The van der Waals surface area contributed by atoms with E-state index in [1.54, 1.807) is 12.1 Å². The van der Waals surface area contributed by atoms with Gasteiger partial charge in [-0.3, -0.25) is 0 Å². The molecule has 2 aliphatic rings. The predicted molar refractivity (Wildman–Crippen MR) is 86.3 cm³/mol. The van der Waals surface area contributed by atoms with Gasteiger partial charge in [0.15, 0.2) is 11.5 Å². The number of rotatable bonds is 1. The third kappa shape index (κ3) is 1.85. The first-order chi connectivity index (χ1) is 10.6. The fourth-order valence-electron chi connectivity index (χ4n) is 4.35. The monoisotopic (exact) mass is 295 g/mol. The van der Waals surface area contributed by atoms with Gasteiger partial charge in [0.1, 0.15) is 0 Å². The Morgan fingerprint density at radius 3 is 2.59 bits per heavy atom. The van der Waals surface area contributed by atoms with E-state index < -0.39 is 0 Å². The Morgan fingerprint density at radius 2 is 1.82 bits per heavy atom. The molecule has 2 unspecified atom stereocenters. The molecule has 1 saturated heterocycles. The number of piperidine rings is 1. The van der Waals surface area contributed by atoms with Crippen molar-refractivity contribution in [2.24, 2.45) is 0 Å². The van der Waals surface area contributed by atoms with Crippen molar-refractivity contribution in [2.75, 3.05) is 13.6 Å². The van der Waals surface area contributed by atoms with Crippen LogP contribution in [-0.4, -0.2) is 34.7 Å². The van der Waals surface area contributed by atoms with Gasteiger partial charge in [0.25, 0.3) is 0 Å². The molecule has 22 heavy (non-hydrogen) atoms. The summed E-state index contributed by atoms with van der Waals surface area (Å²) in [4.78, 5) is 2.42. The normalized spacial score (nSPS) is 27.4. The van der Waals surface area contributed by atoms with Crippen molar-refractivity contribution in [3.8, 4) is 11.5 Å². The number of likely N-dealkylation sites (tertiary alicyclic amines) is 1. The highest BCUT2D eigenvalue weighted by Gasteiger charge is 2.46. The lowest BCUT2D eigenvalue weighted by molar-refractivity contribution is 0.123. The summed E-state index contributed by atoms with van der Waals surface area (Å²) in [6.07, 6.45) is 3.06. The minimum Gasteiger partial charge on any atom is -0.504 e. The van der Waals surface area contributed by atoms with Crippen LogP contribution in [-0.2, 0) is 11.8 Å². The fourth-order valence-corrected chi connectivity index (χ4v) is 4.35. The minimum absolute atomic E-state index is 0.00793. The number of phenolic OH excluding ortho intramolecular Hbond substituents is 2. The summed E-state index contributed by atoms with van der Waals surface area (Å²) in [6, 6.07) is 14.7. The average Bonchev–Trinajstić information content (AvgIpc) is 2.54. The van der Waals surface area contributed by atoms with Crippen LogP contribution in [0, 0.1) is 0 Å². The molecule has 4 rings (SSSR count). The van der Waals surface area contributed by atoms with E-state index in [1.807, 2.05) is 6.07 Å². The predicted octanol–water partition coefficient (Wildman–Crippen LogP) is 3.03. The van der Waals surface area contributed by atoms with Crippen molar-refractivity contribution in [1.82, 2.24) is 4.90 Å². The zero-order valence-corrected chi connectivity index (χ0v) is 12.8. The molecule has 114 valence electrons. The number of fused-ring (bicyclic) bond motifs is 4. The van der Waals surface area contributed by atoms with Gasteiger partial charge >= 0.3 is 0 Å². The molecule has 2 aromatic rings. The Bertz CT molecular complexity index is 713. The smallest absolute Gasteiger partial charge is 0.157 e. The van der Waals surface area contributed by atoms with Crippen LogP contribution in [0.3, 0.4) is 0 Å². The zero-order valence-electron chi connectivity index (χ0n) is 12.8. The first kappa shape index (κ1) is 13.6. The highest BCUT2D eigenvalue weighted by Crippen LogP contribution is 2.50. The van der Waals surface area contributed by atoms with E-state index in [0.717, 1.165) is 25.8 Å². The lowest BCUT2D eigenvalue weighted by Gasteiger charge is -2.50. The Kier molecular flexibility index (Phi) is 2.95. The van der Waals surface area contributed by atoms with Crippen LogP contribution >= 0.6 is 0 Å². The molecule has 0 spiro atoms. The van der Waals surface area contributed by atoms with Gasteiger partial charge in [0.05, 0.1) is 0 Å². The van der Waals surface area contributed by atoms with Crippen LogP contribution in [0.4, 0.5) is 0 Å². The van der Waals surface area contributed by atoms with Crippen molar-refractivity contribution < 1.29 is 10.2 Å². The molecule has 1 aliphatic carbocycles. The van der Waals surface area contributed by atoms with Gasteiger partial charge in [-0.25, -0.2) is 0 Å². The Hall–Kier alpha value is -2.00. The molecule has 2 N–H and O–H groups in total. The van der Waals surface area contributed by atoms with E-state index in [1.165, 1.54) is 16.7 Å². The van der Waals surface area contributed by atoms with Crippen molar-refractivity contribution in [3.63, 3.8) is 0 Å². The zero-order chi connectivity index (χ0) is 15.3. The third-order valence-electron chi connectivity index (χ3n) is 5.60. The summed E-state index contributed by atoms with van der Waals surface area (Å²) in [5.41, 5.74) is 3.64. The number of hydrogen-bond acceptors (Lipinski definition) is 3. The van der Waals surface area contributed by atoms with E-state index in [9.17, 15) is 10.2 Å². The molecule has 3 heteroatoms. The standard InChI is InChI=1S/C19H21NO2/c1-20-8-7-19(14-5-3-2-4-6-14)12-15(20)9-13-10-17(21)18(22)11-16(13)19/h2-6,10-11,15,21-22H,7-9,12H2,1H3. The highest BCUT2D eigenvalue weighted by atomic mass is 16.3. The van der Waals surface area contributed by atoms with Gasteiger partial charge in [-0.15, -0.1) is 0 Å². The lowest BCUT2D eigenvalue weighted by Crippen LogP contribution is -2.52. The fraction of sp³-hybridized carbons (Fsp3) is 0.368. The topological polar surface area (TPSA) is 43.7 Å². The van der Waals surface area contributed by atoms with E-state index in [0.29, 0.717) is 6.04 Å². The summed E-state index contributed by atoms with van der Waals surface area (Å²) in [7, 11) is 2.19. The molecule has 0 aromatic heterocycles. The van der Waals surface area contributed by atoms with Gasteiger partial charge in [0, 0.05) is 11.5 Å². The lowest BCUT2D eigenvalue weighted by atomic mass is 9.60. The maximum absolute atomic E-state index is 10.0. The third-order valence-corrected chi connectivity index (χ3v) is 5.60. The molecule has 1 fully saturated rings. The maximum atomic E-state index is 10.0. The summed E-state index contributed by atoms with van der Waals surface area (Å²) >= 11 is 0. The Labute approximate surface area is 130 Å². The molecule has 2 aromatic carbocycles. The molecular weight excluding hydrogens is 274 g/mol. The molecule has 2 bridgehead atoms. The first-order valence-corrected chi connectivity index (χ1v) is 7.91. The number of nitrogens with zero attached hydrogens (tertiary/aromatic N) is 1. The molecular formula is C19H21NO2. The van der Waals surface area contributed by atoms with Crippen LogP contribution in [0.2, 0.25) is 0 Å². The van der Waals surface area contributed by atoms with Crippen molar-refractivity contribution in [2.45, 2.75) is 30.7 Å². The SMILES string of the molecule is CN1CCC2(c3ccccc3)CC1Cc1cc(O)c(O)cc12. The van der Waals surface area contributed by atoms with Gasteiger partial charge in [-0.1, -0.05) is 30.3 Å². The van der Waals surface area contributed by atoms with Crippen molar-refractivity contribution in [1.29, 1.82) is 0 Å². The van der Waals surface area contributed by atoms with E-state index >= 15 is 0 Å². The Balaban J connectivity index is 1.96. The van der Waals surface area contributed by atoms with Crippen LogP contribution in [0.15, 0.2) is 42.5 Å². The van der Waals surface area contributed by atoms with Crippen LogP contribution in [0.5, 0.6) is 11.5 Å². The van der Waals surface area contributed by atoms with Gasteiger partial charge in [-0.05, 0) is 61.7 Å². The summed E-state index contributed by atoms with van der Waals surface area (Å²) in [5, 5.41) is 19.9. The molecule has 2 atom stereocenters. The molecule has 0 radical (unpaired) electrons. The maximum Gasteiger partial charge on any atom is 0.157 e. The number of aromatic hydroxyl groups is 2. The Morgan fingerprint density at radius 1 is 1.09 bits per heavy atom. The first-order valence-electron chi connectivity index (χ1n) is 7.91. The number of phenols is 2. The minimum atomic E-state index is -0.0444. The highest BCUT2D eigenvalue weighted by molar-refractivity contribution is 5.54. The second-order valence-corrected chi connectivity index (χ2v) is 6.74. The van der Waals surface area contributed by atoms with Gasteiger partial charge in [-0.2, -0.15) is 0 Å². The molecule has 1 heterocycles. The molecule has 0 saturated carbocycles. The van der Waals surface area contributed by atoms with Crippen molar-refractivity contribution in [3.05, 3.63) is 59.2 Å². The number of hydrogen-bond donors (Lipinski definition) is 2. The average molecular weight is 295 g/mol. The number of likely N-dealkylation sites (N-methyl/N-ethyl adjacent to an activating group) is 1.